The zero-order valence-corrected chi connectivity index (χ0v) is 11.3. The van der Waals surface area contributed by atoms with Crippen molar-refractivity contribution in [2.75, 3.05) is 19.6 Å². The van der Waals surface area contributed by atoms with Crippen LogP contribution in [0.2, 0.25) is 0 Å². The molecule has 1 unspecified atom stereocenters. The molecule has 1 saturated heterocycles. The van der Waals surface area contributed by atoms with E-state index in [1.54, 1.807) is 12.1 Å². The van der Waals surface area contributed by atoms with E-state index >= 15 is 0 Å². The van der Waals surface area contributed by atoms with E-state index in [0.29, 0.717) is 6.04 Å². The van der Waals surface area contributed by atoms with Gasteiger partial charge < -0.3 is 5.32 Å². The van der Waals surface area contributed by atoms with Gasteiger partial charge in [-0.1, -0.05) is 26.0 Å². The molecule has 1 aromatic carbocycles. The van der Waals surface area contributed by atoms with Gasteiger partial charge in [0, 0.05) is 32.2 Å². The molecule has 1 aliphatic heterocycles. The maximum absolute atomic E-state index is 13.1. The summed E-state index contributed by atoms with van der Waals surface area (Å²) in [6, 6.07) is 7.51. The second-order valence-corrected chi connectivity index (χ2v) is 5.65. The molecule has 0 bridgehead atoms. The Morgan fingerprint density at radius 3 is 3.00 bits per heavy atom. The maximum Gasteiger partial charge on any atom is 0.123 e. The third-order valence-corrected chi connectivity index (χ3v) is 3.39. The number of halogens is 1. The molecular formula is C15H23FN2. The van der Waals surface area contributed by atoms with Crippen LogP contribution in [0, 0.1) is 11.7 Å². The first-order valence-corrected chi connectivity index (χ1v) is 6.83. The van der Waals surface area contributed by atoms with E-state index in [-0.39, 0.29) is 5.82 Å². The van der Waals surface area contributed by atoms with E-state index in [2.05, 4.69) is 24.1 Å². The van der Waals surface area contributed by atoms with Crippen LogP contribution in [-0.4, -0.2) is 30.6 Å². The number of nitrogens with zero attached hydrogens (tertiary/aromatic N) is 1. The van der Waals surface area contributed by atoms with Crippen molar-refractivity contribution in [1.82, 2.24) is 10.2 Å². The van der Waals surface area contributed by atoms with Gasteiger partial charge in [-0.2, -0.15) is 0 Å². The van der Waals surface area contributed by atoms with Crippen LogP contribution < -0.4 is 5.32 Å². The summed E-state index contributed by atoms with van der Waals surface area (Å²) in [6.45, 7) is 8.51. The molecular weight excluding hydrogens is 227 g/mol. The minimum absolute atomic E-state index is 0.138. The molecule has 2 rings (SSSR count). The van der Waals surface area contributed by atoms with Crippen molar-refractivity contribution in [2.24, 2.45) is 5.92 Å². The largest absolute Gasteiger partial charge is 0.311 e. The molecule has 1 heterocycles. The van der Waals surface area contributed by atoms with Gasteiger partial charge in [0.25, 0.3) is 0 Å². The Labute approximate surface area is 109 Å². The molecule has 1 fully saturated rings. The lowest BCUT2D eigenvalue weighted by atomic mass is 10.0. The smallest absolute Gasteiger partial charge is 0.123 e. The molecule has 1 aliphatic rings. The van der Waals surface area contributed by atoms with Crippen LogP contribution in [0.3, 0.4) is 0 Å². The molecule has 1 aromatic rings. The number of piperazine rings is 1. The maximum atomic E-state index is 13.1. The van der Waals surface area contributed by atoms with Crippen molar-refractivity contribution in [1.29, 1.82) is 0 Å². The molecule has 0 aromatic heterocycles. The molecule has 1 atom stereocenters. The average molecular weight is 250 g/mol. The van der Waals surface area contributed by atoms with E-state index in [1.807, 2.05) is 6.07 Å². The Kier molecular flexibility index (Phi) is 4.72. The monoisotopic (exact) mass is 250 g/mol. The van der Waals surface area contributed by atoms with Gasteiger partial charge in [-0.15, -0.1) is 0 Å². The first-order chi connectivity index (χ1) is 8.63. The second-order valence-electron chi connectivity index (χ2n) is 5.65. The Hall–Kier alpha value is -0.930. The molecule has 3 heteroatoms. The fourth-order valence-electron chi connectivity index (χ4n) is 2.66. The van der Waals surface area contributed by atoms with Crippen molar-refractivity contribution >= 4 is 0 Å². The minimum atomic E-state index is -0.138. The van der Waals surface area contributed by atoms with E-state index in [4.69, 9.17) is 0 Å². The van der Waals surface area contributed by atoms with Crippen molar-refractivity contribution in [2.45, 2.75) is 32.9 Å². The van der Waals surface area contributed by atoms with Crippen LogP contribution in [0.1, 0.15) is 25.8 Å². The summed E-state index contributed by atoms with van der Waals surface area (Å²) in [5, 5.41) is 3.56. The van der Waals surface area contributed by atoms with Crippen molar-refractivity contribution in [3.05, 3.63) is 35.6 Å². The van der Waals surface area contributed by atoms with Crippen LogP contribution >= 0.6 is 0 Å². The predicted molar refractivity (Wildman–Crippen MR) is 72.9 cm³/mol. The lowest BCUT2D eigenvalue weighted by Crippen LogP contribution is -2.50. The van der Waals surface area contributed by atoms with Gasteiger partial charge in [0.15, 0.2) is 0 Å². The molecule has 0 aliphatic carbocycles. The zero-order chi connectivity index (χ0) is 13.0. The van der Waals surface area contributed by atoms with Gasteiger partial charge in [-0.05, 0) is 30.0 Å². The Morgan fingerprint density at radius 2 is 2.28 bits per heavy atom. The number of nitrogens with one attached hydrogen (secondary N) is 1. The van der Waals surface area contributed by atoms with Gasteiger partial charge in [0.2, 0.25) is 0 Å². The van der Waals surface area contributed by atoms with Gasteiger partial charge in [-0.3, -0.25) is 4.90 Å². The third kappa shape index (κ3) is 4.07. The Bertz CT molecular complexity index is 379. The lowest BCUT2D eigenvalue weighted by Gasteiger charge is -2.34. The fraction of sp³-hybridized carbons (Fsp3) is 0.600. The van der Waals surface area contributed by atoms with Gasteiger partial charge >= 0.3 is 0 Å². The van der Waals surface area contributed by atoms with Crippen molar-refractivity contribution in [3.8, 4) is 0 Å². The fourth-order valence-corrected chi connectivity index (χ4v) is 2.66. The summed E-state index contributed by atoms with van der Waals surface area (Å²) >= 11 is 0. The summed E-state index contributed by atoms with van der Waals surface area (Å²) in [4.78, 5) is 2.42. The molecule has 0 spiro atoms. The SMILES string of the molecule is CC(C)CC1CN(Cc2cccc(F)c2)CCN1. The highest BCUT2D eigenvalue weighted by Gasteiger charge is 2.19. The van der Waals surface area contributed by atoms with Gasteiger partial charge in [0.1, 0.15) is 5.82 Å². The lowest BCUT2D eigenvalue weighted by molar-refractivity contribution is 0.179. The van der Waals surface area contributed by atoms with Gasteiger partial charge in [0.05, 0.1) is 0 Å². The summed E-state index contributed by atoms with van der Waals surface area (Å²) in [5.74, 6) is 0.581. The summed E-state index contributed by atoms with van der Waals surface area (Å²) in [5.41, 5.74) is 1.07. The van der Waals surface area contributed by atoms with Crippen LogP contribution in [0.25, 0.3) is 0 Å². The van der Waals surface area contributed by atoms with E-state index in [9.17, 15) is 4.39 Å². The summed E-state index contributed by atoms with van der Waals surface area (Å²) in [6.07, 6.45) is 1.21. The Morgan fingerprint density at radius 1 is 1.44 bits per heavy atom. The average Bonchev–Trinajstić information content (AvgIpc) is 2.28. The highest BCUT2D eigenvalue weighted by molar-refractivity contribution is 5.16. The van der Waals surface area contributed by atoms with Crippen molar-refractivity contribution in [3.63, 3.8) is 0 Å². The van der Waals surface area contributed by atoms with Gasteiger partial charge in [-0.25, -0.2) is 4.39 Å². The van der Waals surface area contributed by atoms with Crippen LogP contribution in [0.15, 0.2) is 24.3 Å². The topological polar surface area (TPSA) is 15.3 Å². The predicted octanol–water partition coefficient (Wildman–Crippen LogP) is 2.65. The van der Waals surface area contributed by atoms with Crippen LogP contribution in [0.5, 0.6) is 0 Å². The standard InChI is InChI=1S/C15H23FN2/c1-12(2)8-15-11-18(7-6-17-15)10-13-4-3-5-14(16)9-13/h3-5,9,12,15,17H,6-8,10-11H2,1-2H3. The minimum Gasteiger partial charge on any atom is -0.311 e. The normalized spacial score (nSPS) is 21.4. The molecule has 0 saturated carbocycles. The quantitative estimate of drug-likeness (QED) is 0.883. The second kappa shape index (κ2) is 6.30. The third-order valence-electron chi connectivity index (χ3n) is 3.39. The summed E-state index contributed by atoms with van der Waals surface area (Å²) in [7, 11) is 0. The van der Waals surface area contributed by atoms with Crippen molar-refractivity contribution < 1.29 is 4.39 Å². The Balaban J connectivity index is 1.89. The zero-order valence-electron chi connectivity index (χ0n) is 11.3. The number of benzene rings is 1. The number of hydrogen-bond donors (Lipinski definition) is 1. The molecule has 1 N–H and O–H groups in total. The molecule has 18 heavy (non-hydrogen) atoms. The highest BCUT2D eigenvalue weighted by atomic mass is 19.1. The molecule has 2 nitrogen and oxygen atoms in total. The summed E-state index contributed by atoms with van der Waals surface area (Å²) < 4.78 is 13.1. The first kappa shape index (κ1) is 13.5. The van der Waals surface area contributed by atoms with E-state index in [0.717, 1.165) is 37.7 Å². The number of hydrogen-bond acceptors (Lipinski definition) is 2. The first-order valence-electron chi connectivity index (χ1n) is 6.83. The van der Waals surface area contributed by atoms with Crippen LogP contribution in [0.4, 0.5) is 4.39 Å². The molecule has 0 amide bonds. The van der Waals surface area contributed by atoms with Crippen LogP contribution in [-0.2, 0) is 6.54 Å². The molecule has 100 valence electrons. The molecule has 0 radical (unpaired) electrons. The number of rotatable bonds is 4. The highest BCUT2D eigenvalue weighted by Crippen LogP contribution is 2.13. The van der Waals surface area contributed by atoms with E-state index in [1.165, 1.54) is 12.5 Å². The van der Waals surface area contributed by atoms with E-state index < -0.39 is 0 Å².